The Morgan fingerprint density at radius 3 is 2.62 bits per heavy atom. The first-order valence-electron chi connectivity index (χ1n) is 4.74. The molecule has 0 saturated carbocycles. The summed E-state index contributed by atoms with van der Waals surface area (Å²) in [6.45, 7) is 1.80. The van der Waals surface area contributed by atoms with Crippen molar-refractivity contribution in [3.63, 3.8) is 0 Å². The van der Waals surface area contributed by atoms with Crippen molar-refractivity contribution in [3.05, 3.63) is 29.8 Å². The molecule has 0 unspecified atom stereocenters. The molecule has 0 bridgehead atoms. The van der Waals surface area contributed by atoms with Gasteiger partial charge in [-0.25, -0.2) is 0 Å². The number of rotatable bonds is 4. The third-order valence-corrected chi connectivity index (χ3v) is 1.92. The minimum absolute atomic E-state index is 0. The van der Waals surface area contributed by atoms with Crippen molar-refractivity contribution in [2.24, 2.45) is 5.73 Å². The SMILES string of the molecule is CC(=O)c1cccc(NC(=O)CCN)c1.Cl. The molecule has 5 heteroatoms. The van der Waals surface area contributed by atoms with Gasteiger partial charge in [0.05, 0.1) is 0 Å². The van der Waals surface area contributed by atoms with Gasteiger partial charge in [-0.1, -0.05) is 12.1 Å². The van der Waals surface area contributed by atoms with Crippen molar-refractivity contribution < 1.29 is 9.59 Å². The average molecular weight is 243 g/mol. The maximum atomic E-state index is 11.2. The molecule has 88 valence electrons. The number of amides is 1. The Bertz CT molecular complexity index is 380. The Labute approximate surface area is 101 Å². The summed E-state index contributed by atoms with van der Waals surface area (Å²) in [7, 11) is 0. The summed E-state index contributed by atoms with van der Waals surface area (Å²) < 4.78 is 0. The van der Waals surface area contributed by atoms with E-state index in [4.69, 9.17) is 5.73 Å². The second kappa shape index (κ2) is 6.98. The molecule has 1 rings (SSSR count). The number of ketones is 1. The molecule has 0 aromatic heterocycles. The summed E-state index contributed by atoms with van der Waals surface area (Å²) in [5.41, 5.74) is 6.46. The Kier molecular flexibility index (Phi) is 6.37. The second-order valence-corrected chi connectivity index (χ2v) is 3.22. The van der Waals surface area contributed by atoms with Crippen molar-refractivity contribution in [3.8, 4) is 0 Å². The van der Waals surface area contributed by atoms with Crippen LogP contribution in [0.25, 0.3) is 0 Å². The predicted octanol–water partition coefficient (Wildman–Crippen LogP) is 1.60. The first kappa shape index (κ1) is 14.6. The minimum Gasteiger partial charge on any atom is -0.330 e. The molecule has 0 aliphatic rings. The fraction of sp³-hybridized carbons (Fsp3) is 0.273. The van der Waals surface area contributed by atoms with Gasteiger partial charge in [-0.3, -0.25) is 9.59 Å². The number of halogens is 1. The van der Waals surface area contributed by atoms with Crippen LogP contribution in [0.1, 0.15) is 23.7 Å². The molecule has 0 atom stereocenters. The standard InChI is InChI=1S/C11H14N2O2.ClH/c1-8(14)9-3-2-4-10(7-9)13-11(15)5-6-12;/h2-4,7H,5-6,12H2,1H3,(H,13,15);1H. The summed E-state index contributed by atoms with van der Waals surface area (Å²) in [5.74, 6) is -0.164. The summed E-state index contributed by atoms with van der Waals surface area (Å²) >= 11 is 0. The molecule has 16 heavy (non-hydrogen) atoms. The van der Waals surface area contributed by atoms with Gasteiger partial charge in [0.15, 0.2) is 5.78 Å². The molecule has 0 fully saturated rings. The molecule has 0 aliphatic heterocycles. The van der Waals surface area contributed by atoms with E-state index in [9.17, 15) is 9.59 Å². The van der Waals surface area contributed by atoms with Crippen LogP contribution in [-0.2, 0) is 4.79 Å². The normalized spacial score (nSPS) is 9.12. The highest BCUT2D eigenvalue weighted by Crippen LogP contribution is 2.11. The van der Waals surface area contributed by atoms with Gasteiger partial charge in [-0.2, -0.15) is 0 Å². The maximum Gasteiger partial charge on any atom is 0.225 e. The third-order valence-electron chi connectivity index (χ3n) is 1.92. The van der Waals surface area contributed by atoms with Crippen molar-refractivity contribution in [1.82, 2.24) is 0 Å². The highest BCUT2D eigenvalue weighted by molar-refractivity contribution is 5.97. The number of nitrogens with one attached hydrogen (secondary N) is 1. The van der Waals surface area contributed by atoms with Crippen LogP contribution < -0.4 is 11.1 Å². The van der Waals surface area contributed by atoms with Crippen LogP contribution in [0, 0.1) is 0 Å². The summed E-state index contributed by atoms with van der Waals surface area (Å²) in [4.78, 5) is 22.3. The van der Waals surface area contributed by atoms with Gasteiger partial charge < -0.3 is 11.1 Å². The zero-order valence-electron chi connectivity index (χ0n) is 9.03. The molecule has 0 heterocycles. The molecule has 1 aromatic rings. The van der Waals surface area contributed by atoms with E-state index >= 15 is 0 Å². The smallest absolute Gasteiger partial charge is 0.225 e. The van der Waals surface area contributed by atoms with E-state index < -0.39 is 0 Å². The van der Waals surface area contributed by atoms with Crippen LogP contribution in [0.4, 0.5) is 5.69 Å². The zero-order chi connectivity index (χ0) is 11.3. The van der Waals surface area contributed by atoms with E-state index in [1.54, 1.807) is 24.3 Å². The number of anilines is 1. The third kappa shape index (κ3) is 4.42. The Morgan fingerprint density at radius 1 is 1.38 bits per heavy atom. The number of hydrogen-bond donors (Lipinski definition) is 2. The number of Topliss-reactive ketones (excluding diaryl/α,β-unsaturated/α-hetero) is 1. The van der Waals surface area contributed by atoms with Crippen LogP contribution in [0.5, 0.6) is 0 Å². The summed E-state index contributed by atoms with van der Waals surface area (Å²) in [6, 6.07) is 6.83. The fourth-order valence-corrected chi connectivity index (χ4v) is 1.17. The lowest BCUT2D eigenvalue weighted by molar-refractivity contribution is -0.116. The monoisotopic (exact) mass is 242 g/mol. The zero-order valence-corrected chi connectivity index (χ0v) is 9.84. The molecule has 1 amide bonds. The van der Waals surface area contributed by atoms with Gasteiger partial charge in [0.1, 0.15) is 0 Å². The molecule has 1 aromatic carbocycles. The van der Waals surface area contributed by atoms with Gasteiger partial charge in [0.25, 0.3) is 0 Å². The number of benzene rings is 1. The second-order valence-electron chi connectivity index (χ2n) is 3.22. The van der Waals surface area contributed by atoms with Gasteiger partial charge in [0.2, 0.25) is 5.91 Å². The van der Waals surface area contributed by atoms with Crippen molar-refractivity contribution in [2.45, 2.75) is 13.3 Å². The molecular weight excluding hydrogens is 228 g/mol. The molecule has 0 radical (unpaired) electrons. The quantitative estimate of drug-likeness (QED) is 0.788. The molecule has 4 nitrogen and oxygen atoms in total. The van der Waals surface area contributed by atoms with E-state index in [1.807, 2.05) is 0 Å². The topological polar surface area (TPSA) is 72.2 Å². The van der Waals surface area contributed by atoms with E-state index in [1.165, 1.54) is 6.92 Å². The van der Waals surface area contributed by atoms with Crippen LogP contribution in [0.3, 0.4) is 0 Å². The molecule has 0 saturated heterocycles. The van der Waals surface area contributed by atoms with E-state index in [2.05, 4.69) is 5.32 Å². The first-order valence-corrected chi connectivity index (χ1v) is 4.74. The Balaban J connectivity index is 0.00000225. The van der Waals surface area contributed by atoms with Gasteiger partial charge in [-0.15, -0.1) is 12.4 Å². The fourth-order valence-electron chi connectivity index (χ4n) is 1.17. The van der Waals surface area contributed by atoms with Crippen LogP contribution in [0.2, 0.25) is 0 Å². The molecule has 3 N–H and O–H groups in total. The molecular formula is C11H15ClN2O2. The van der Waals surface area contributed by atoms with Crippen LogP contribution in [0.15, 0.2) is 24.3 Å². The lowest BCUT2D eigenvalue weighted by Crippen LogP contribution is -2.16. The van der Waals surface area contributed by atoms with E-state index in [-0.39, 0.29) is 30.5 Å². The van der Waals surface area contributed by atoms with Gasteiger partial charge in [0, 0.05) is 24.2 Å². The number of hydrogen-bond acceptors (Lipinski definition) is 3. The highest BCUT2D eigenvalue weighted by Gasteiger charge is 2.03. The number of nitrogens with two attached hydrogens (primary N) is 1. The summed E-state index contributed by atoms with van der Waals surface area (Å²) in [6.07, 6.45) is 0.282. The average Bonchev–Trinajstić information content (AvgIpc) is 2.18. The molecule has 0 aliphatic carbocycles. The number of carbonyl (C=O) groups excluding carboxylic acids is 2. The van der Waals surface area contributed by atoms with Gasteiger partial charge >= 0.3 is 0 Å². The lowest BCUT2D eigenvalue weighted by atomic mass is 10.1. The first-order chi connectivity index (χ1) is 7.13. The van der Waals surface area contributed by atoms with E-state index in [0.717, 1.165) is 0 Å². The largest absolute Gasteiger partial charge is 0.330 e. The summed E-state index contributed by atoms with van der Waals surface area (Å²) in [5, 5.41) is 2.67. The Morgan fingerprint density at radius 2 is 2.06 bits per heavy atom. The number of carbonyl (C=O) groups is 2. The molecule has 0 spiro atoms. The highest BCUT2D eigenvalue weighted by atomic mass is 35.5. The predicted molar refractivity (Wildman–Crippen MR) is 66.0 cm³/mol. The minimum atomic E-state index is -0.141. The van der Waals surface area contributed by atoms with Crippen molar-refractivity contribution >= 4 is 29.8 Å². The van der Waals surface area contributed by atoms with E-state index in [0.29, 0.717) is 17.8 Å². The van der Waals surface area contributed by atoms with Crippen molar-refractivity contribution in [2.75, 3.05) is 11.9 Å². The van der Waals surface area contributed by atoms with Crippen molar-refractivity contribution in [1.29, 1.82) is 0 Å². The van der Waals surface area contributed by atoms with Gasteiger partial charge in [-0.05, 0) is 19.1 Å². The van der Waals surface area contributed by atoms with Crippen LogP contribution >= 0.6 is 12.4 Å². The maximum absolute atomic E-state index is 11.2. The van der Waals surface area contributed by atoms with Crippen LogP contribution in [-0.4, -0.2) is 18.2 Å². The lowest BCUT2D eigenvalue weighted by Gasteiger charge is -2.05. The Hall–Kier alpha value is -1.39.